The van der Waals surface area contributed by atoms with Crippen LogP contribution in [0.2, 0.25) is 0 Å². The van der Waals surface area contributed by atoms with Crippen molar-refractivity contribution < 1.29 is 22.7 Å². The Balaban J connectivity index is 2.30. The Morgan fingerprint density at radius 3 is 2.34 bits per heavy atom. The third-order valence-electron chi connectivity index (χ3n) is 4.38. The van der Waals surface area contributed by atoms with Gasteiger partial charge < -0.3 is 14.8 Å². The van der Waals surface area contributed by atoms with E-state index >= 15 is 0 Å². The van der Waals surface area contributed by atoms with Gasteiger partial charge in [-0.3, -0.25) is 4.79 Å². The lowest BCUT2D eigenvalue weighted by Crippen LogP contribution is -2.41. The Hall–Kier alpha value is -2.58. The molecule has 0 bridgehead atoms. The van der Waals surface area contributed by atoms with Gasteiger partial charge in [0.2, 0.25) is 15.9 Å². The molecule has 0 spiro atoms. The van der Waals surface area contributed by atoms with Gasteiger partial charge in [-0.2, -0.15) is 4.31 Å². The lowest BCUT2D eigenvalue weighted by atomic mass is 10.1. The van der Waals surface area contributed by atoms with Crippen LogP contribution in [0.4, 0.5) is 0 Å². The molecule has 0 saturated heterocycles. The van der Waals surface area contributed by atoms with Crippen molar-refractivity contribution in [2.75, 3.05) is 33.9 Å². The molecule has 0 radical (unpaired) electrons. The summed E-state index contributed by atoms with van der Waals surface area (Å²) in [6.45, 7) is 2.37. The number of benzene rings is 2. The fraction of sp³-hybridized carbons (Fsp3) is 0.381. The Bertz CT molecular complexity index is 901. The molecule has 0 aliphatic rings. The Kier molecular flexibility index (Phi) is 8.48. The maximum absolute atomic E-state index is 13.3. The molecule has 0 aromatic heterocycles. The van der Waals surface area contributed by atoms with E-state index in [2.05, 4.69) is 5.32 Å². The standard InChI is InChI=1S/C21H28N2O5S/c1-4-13-22-21(24)16-23(14-12-17-8-6-5-7-9-17)29(25,26)18-10-11-19(27-2)20(15-18)28-3/h5-11,15H,4,12-14,16H2,1-3H3,(H,22,24). The second kappa shape index (κ2) is 10.8. The predicted molar refractivity (Wildman–Crippen MR) is 112 cm³/mol. The fourth-order valence-corrected chi connectivity index (χ4v) is 4.20. The van der Waals surface area contributed by atoms with Gasteiger partial charge in [-0.05, 0) is 30.5 Å². The molecule has 0 aliphatic carbocycles. The first-order chi connectivity index (χ1) is 13.9. The smallest absolute Gasteiger partial charge is 0.243 e. The van der Waals surface area contributed by atoms with Crippen molar-refractivity contribution in [3.63, 3.8) is 0 Å². The number of nitrogens with zero attached hydrogens (tertiary/aromatic N) is 1. The molecular formula is C21H28N2O5S. The molecule has 158 valence electrons. The van der Waals surface area contributed by atoms with Gasteiger partial charge >= 0.3 is 0 Å². The highest BCUT2D eigenvalue weighted by Crippen LogP contribution is 2.30. The zero-order valence-electron chi connectivity index (χ0n) is 17.1. The molecule has 0 atom stereocenters. The second-order valence-electron chi connectivity index (χ2n) is 6.44. The predicted octanol–water partition coefficient (Wildman–Crippen LogP) is 2.46. The van der Waals surface area contributed by atoms with Crippen molar-refractivity contribution in [2.24, 2.45) is 0 Å². The summed E-state index contributed by atoms with van der Waals surface area (Å²) >= 11 is 0. The van der Waals surface area contributed by atoms with E-state index in [0.29, 0.717) is 24.5 Å². The van der Waals surface area contributed by atoms with Crippen LogP contribution in [0.15, 0.2) is 53.4 Å². The van der Waals surface area contributed by atoms with Crippen molar-refractivity contribution >= 4 is 15.9 Å². The normalized spacial score (nSPS) is 11.3. The SMILES string of the molecule is CCCNC(=O)CN(CCc1ccccc1)S(=O)(=O)c1ccc(OC)c(OC)c1. The molecule has 0 fully saturated rings. The summed E-state index contributed by atoms with van der Waals surface area (Å²) in [5, 5.41) is 2.74. The van der Waals surface area contributed by atoms with Gasteiger partial charge in [-0.1, -0.05) is 37.3 Å². The van der Waals surface area contributed by atoms with Crippen LogP contribution in [0.3, 0.4) is 0 Å². The topological polar surface area (TPSA) is 84.9 Å². The average molecular weight is 421 g/mol. The molecule has 0 heterocycles. The lowest BCUT2D eigenvalue weighted by Gasteiger charge is -2.22. The van der Waals surface area contributed by atoms with Crippen LogP contribution in [-0.2, 0) is 21.2 Å². The van der Waals surface area contributed by atoms with E-state index < -0.39 is 10.0 Å². The van der Waals surface area contributed by atoms with E-state index in [4.69, 9.17) is 9.47 Å². The number of carbonyl (C=O) groups is 1. The van der Waals surface area contributed by atoms with Crippen LogP contribution in [0.1, 0.15) is 18.9 Å². The number of amides is 1. The molecule has 2 rings (SSSR count). The van der Waals surface area contributed by atoms with Gasteiger partial charge in [0.15, 0.2) is 11.5 Å². The molecule has 0 saturated carbocycles. The van der Waals surface area contributed by atoms with Crippen molar-refractivity contribution in [3.05, 3.63) is 54.1 Å². The molecule has 1 amide bonds. The van der Waals surface area contributed by atoms with Crippen LogP contribution in [-0.4, -0.2) is 52.5 Å². The van der Waals surface area contributed by atoms with Gasteiger partial charge in [0.1, 0.15) is 0 Å². The summed E-state index contributed by atoms with van der Waals surface area (Å²) in [7, 11) is -0.985. The Labute approximate surface area is 172 Å². The number of methoxy groups -OCH3 is 2. The number of rotatable bonds is 11. The molecule has 8 heteroatoms. The van der Waals surface area contributed by atoms with Crippen molar-refractivity contribution in [1.82, 2.24) is 9.62 Å². The van der Waals surface area contributed by atoms with E-state index in [-0.39, 0.29) is 23.9 Å². The minimum absolute atomic E-state index is 0.0477. The van der Waals surface area contributed by atoms with Crippen LogP contribution in [0.25, 0.3) is 0 Å². The van der Waals surface area contributed by atoms with Crippen LogP contribution >= 0.6 is 0 Å². The summed E-state index contributed by atoms with van der Waals surface area (Å²) in [5.74, 6) is 0.416. The van der Waals surface area contributed by atoms with E-state index in [1.165, 1.54) is 36.7 Å². The molecule has 1 N–H and O–H groups in total. The van der Waals surface area contributed by atoms with Crippen LogP contribution in [0.5, 0.6) is 11.5 Å². The summed E-state index contributed by atoms with van der Waals surface area (Å²) in [4.78, 5) is 12.3. The molecule has 0 unspecified atom stereocenters. The van der Waals surface area contributed by atoms with Gasteiger partial charge in [0, 0.05) is 19.2 Å². The van der Waals surface area contributed by atoms with Gasteiger partial charge in [-0.25, -0.2) is 8.42 Å². The minimum Gasteiger partial charge on any atom is -0.493 e. The number of ether oxygens (including phenoxy) is 2. The first-order valence-electron chi connectivity index (χ1n) is 9.45. The summed E-state index contributed by atoms with van der Waals surface area (Å²) < 4.78 is 38.2. The monoisotopic (exact) mass is 420 g/mol. The van der Waals surface area contributed by atoms with Gasteiger partial charge in [-0.15, -0.1) is 0 Å². The van der Waals surface area contributed by atoms with Crippen molar-refractivity contribution in [2.45, 2.75) is 24.7 Å². The zero-order chi connectivity index (χ0) is 21.3. The number of hydrogen-bond acceptors (Lipinski definition) is 5. The number of nitrogens with one attached hydrogen (secondary N) is 1. The highest BCUT2D eigenvalue weighted by atomic mass is 32.2. The maximum Gasteiger partial charge on any atom is 0.243 e. The molecule has 2 aromatic rings. The Morgan fingerprint density at radius 2 is 1.72 bits per heavy atom. The fourth-order valence-electron chi connectivity index (χ4n) is 2.79. The van der Waals surface area contributed by atoms with E-state index in [1.54, 1.807) is 0 Å². The molecule has 7 nitrogen and oxygen atoms in total. The van der Waals surface area contributed by atoms with E-state index in [9.17, 15) is 13.2 Å². The third-order valence-corrected chi connectivity index (χ3v) is 6.22. The van der Waals surface area contributed by atoms with Crippen LogP contribution < -0.4 is 14.8 Å². The molecule has 0 aliphatic heterocycles. The zero-order valence-corrected chi connectivity index (χ0v) is 17.9. The van der Waals surface area contributed by atoms with E-state index in [0.717, 1.165) is 12.0 Å². The number of sulfonamides is 1. The lowest BCUT2D eigenvalue weighted by molar-refractivity contribution is -0.121. The quantitative estimate of drug-likeness (QED) is 0.604. The first-order valence-corrected chi connectivity index (χ1v) is 10.9. The minimum atomic E-state index is -3.91. The summed E-state index contributed by atoms with van der Waals surface area (Å²) in [6, 6.07) is 14.0. The second-order valence-corrected chi connectivity index (χ2v) is 8.38. The highest BCUT2D eigenvalue weighted by molar-refractivity contribution is 7.89. The maximum atomic E-state index is 13.3. The summed E-state index contributed by atoms with van der Waals surface area (Å²) in [5.41, 5.74) is 0.994. The molecule has 29 heavy (non-hydrogen) atoms. The average Bonchev–Trinajstić information content (AvgIpc) is 2.75. The molecular weight excluding hydrogens is 392 g/mol. The third kappa shape index (κ3) is 6.20. The highest BCUT2D eigenvalue weighted by Gasteiger charge is 2.27. The first kappa shape index (κ1) is 22.7. The largest absolute Gasteiger partial charge is 0.493 e. The van der Waals surface area contributed by atoms with Gasteiger partial charge in [0.05, 0.1) is 25.7 Å². The Morgan fingerprint density at radius 1 is 1.03 bits per heavy atom. The summed E-state index contributed by atoms with van der Waals surface area (Å²) in [6.07, 6.45) is 1.27. The van der Waals surface area contributed by atoms with Crippen LogP contribution in [0, 0.1) is 0 Å². The van der Waals surface area contributed by atoms with Crippen molar-refractivity contribution in [1.29, 1.82) is 0 Å². The number of hydrogen-bond donors (Lipinski definition) is 1. The van der Waals surface area contributed by atoms with E-state index in [1.807, 2.05) is 37.3 Å². The number of carbonyl (C=O) groups excluding carboxylic acids is 1. The van der Waals surface area contributed by atoms with Gasteiger partial charge in [0.25, 0.3) is 0 Å². The van der Waals surface area contributed by atoms with Crippen molar-refractivity contribution in [3.8, 4) is 11.5 Å². The molecule has 2 aromatic carbocycles.